The molecule has 1 heterocycles. The van der Waals surface area contributed by atoms with Crippen molar-refractivity contribution in [2.24, 2.45) is 0 Å². The molecular weight excluding hydrogens is 268 g/mol. The zero-order valence-corrected chi connectivity index (χ0v) is 13.0. The van der Waals surface area contributed by atoms with Crippen molar-refractivity contribution in [3.8, 4) is 0 Å². The molecule has 2 N–H and O–H groups in total. The highest BCUT2D eigenvalue weighted by atomic mass is 32.2. The van der Waals surface area contributed by atoms with E-state index in [1.165, 1.54) is 12.8 Å². The van der Waals surface area contributed by atoms with Gasteiger partial charge in [0.2, 0.25) is 5.91 Å². The van der Waals surface area contributed by atoms with Crippen molar-refractivity contribution < 1.29 is 4.79 Å². The van der Waals surface area contributed by atoms with Gasteiger partial charge in [-0.15, -0.1) is 0 Å². The number of anilines is 1. The molecule has 1 aromatic rings. The third kappa shape index (κ3) is 4.44. The lowest BCUT2D eigenvalue weighted by Crippen LogP contribution is -2.36. The third-order valence-electron chi connectivity index (χ3n) is 3.72. The van der Waals surface area contributed by atoms with E-state index in [0.717, 1.165) is 36.5 Å². The SMILES string of the molecule is CCSC1CCCCN(C(=O)Cc2ccc(N)cc2)C1. The van der Waals surface area contributed by atoms with E-state index >= 15 is 0 Å². The number of rotatable bonds is 4. The largest absolute Gasteiger partial charge is 0.399 e. The Hall–Kier alpha value is -1.16. The maximum atomic E-state index is 12.4. The Balaban J connectivity index is 1.94. The molecule has 1 aliphatic heterocycles. The fourth-order valence-electron chi connectivity index (χ4n) is 2.62. The fourth-order valence-corrected chi connectivity index (χ4v) is 3.71. The fraction of sp³-hybridized carbons (Fsp3) is 0.562. The van der Waals surface area contributed by atoms with Crippen LogP contribution in [0.3, 0.4) is 0 Å². The van der Waals surface area contributed by atoms with E-state index in [1.54, 1.807) is 0 Å². The minimum Gasteiger partial charge on any atom is -0.399 e. The molecular formula is C16H24N2OS. The first kappa shape index (κ1) is 15.2. The maximum absolute atomic E-state index is 12.4. The molecule has 1 saturated heterocycles. The first-order valence-corrected chi connectivity index (χ1v) is 8.47. The van der Waals surface area contributed by atoms with E-state index in [2.05, 4.69) is 11.8 Å². The van der Waals surface area contributed by atoms with Crippen molar-refractivity contribution in [1.29, 1.82) is 0 Å². The van der Waals surface area contributed by atoms with Gasteiger partial charge in [-0.1, -0.05) is 25.5 Å². The molecule has 0 aliphatic carbocycles. The average molecular weight is 292 g/mol. The van der Waals surface area contributed by atoms with Crippen LogP contribution in [0.2, 0.25) is 0 Å². The summed E-state index contributed by atoms with van der Waals surface area (Å²) in [7, 11) is 0. The van der Waals surface area contributed by atoms with Gasteiger partial charge in [-0.2, -0.15) is 11.8 Å². The van der Waals surface area contributed by atoms with Crippen molar-refractivity contribution in [2.45, 2.75) is 37.9 Å². The second kappa shape index (κ2) is 7.58. The molecule has 0 spiro atoms. The molecule has 1 amide bonds. The Bertz CT molecular complexity index is 433. The van der Waals surface area contributed by atoms with Gasteiger partial charge in [0, 0.05) is 24.0 Å². The predicted octanol–water partition coefficient (Wildman–Crippen LogP) is 2.95. The molecule has 0 radical (unpaired) electrons. The Labute approximate surface area is 125 Å². The monoisotopic (exact) mass is 292 g/mol. The minimum absolute atomic E-state index is 0.248. The molecule has 1 atom stereocenters. The molecule has 0 saturated carbocycles. The molecule has 1 fully saturated rings. The first-order chi connectivity index (χ1) is 9.69. The van der Waals surface area contributed by atoms with Gasteiger partial charge in [0.25, 0.3) is 0 Å². The van der Waals surface area contributed by atoms with Gasteiger partial charge in [0.1, 0.15) is 0 Å². The standard InChI is InChI=1S/C16H24N2OS/c1-2-20-15-5-3-4-10-18(12-15)16(19)11-13-6-8-14(17)9-7-13/h6-9,15H,2-5,10-12,17H2,1H3. The molecule has 1 aliphatic rings. The number of carbonyl (C=O) groups is 1. The number of hydrogen-bond donors (Lipinski definition) is 1. The van der Waals surface area contributed by atoms with Crippen LogP contribution in [0.4, 0.5) is 5.69 Å². The van der Waals surface area contributed by atoms with E-state index in [-0.39, 0.29) is 5.91 Å². The zero-order chi connectivity index (χ0) is 14.4. The summed E-state index contributed by atoms with van der Waals surface area (Å²) in [5.74, 6) is 1.38. The van der Waals surface area contributed by atoms with Crippen molar-refractivity contribution in [3.63, 3.8) is 0 Å². The molecule has 2 rings (SSSR count). The number of nitrogens with two attached hydrogens (primary N) is 1. The number of benzene rings is 1. The maximum Gasteiger partial charge on any atom is 0.227 e. The van der Waals surface area contributed by atoms with E-state index < -0.39 is 0 Å². The van der Waals surface area contributed by atoms with Gasteiger partial charge < -0.3 is 10.6 Å². The molecule has 110 valence electrons. The first-order valence-electron chi connectivity index (χ1n) is 7.43. The van der Waals surface area contributed by atoms with Crippen LogP contribution in [-0.2, 0) is 11.2 Å². The summed E-state index contributed by atoms with van der Waals surface area (Å²) in [4.78, 5) is 14.5. The van der Waals surface area contributed by atoms with E-state index in [4.69, 9.17) is 5.73 Å². The molecule has 0 aromatic heterocycles. The number of amides is 1. The molecule has 20 heavy (non-hydrogen) atoms. The molecule has 4 heteroatoms. The molecule has 1 unspecified atom stereocenters. The highest BCUT2D eigenvalue weighted by Gasteiger charge is 2.21. The number of nitrogens with zero attached hydrogens (tertiary/aromatic N) is 1. The minimum atomic E-state index is 0.248. The van der Waals surface area contributed by atoms with E-state index in [0.29, 0.717) is 11.7 Å². The highest BCUT2D eigenvalue weighted by Crippen LogP contribution is 2.22. The topological polar surface area (TPSA) is 46.3 Å². The number of thioether (sulfide) groups is 1. The van der Waals surface area contributed by atoms with Gasteiger partial charge in [0.15, 0.2) is 0 Å². The summed E-state index contributed by atoms with van der Waals surface area (Å²) in [6, 6.07) is 7.62. The summed E-state index contributed by atoms with van der Waals surface area (Å²) in [5.41, 5.74) is 7.47. The van der Waals surface area contributed by atoms with Crippen LogP contribution < -0.4 is 5.73 Å². The Morgan fingerprint density at radius 1 is 1.35 bits per heavy atom. The van der Waals surface area contributed by atoms with Crippen molar-refractivity contribution in [1.82, 2.24) is 4.90 Å². The van der Waals surface area contributed by atoms with Gasteiger partial charge >= 0.3 is 0 Å². The van der Waals surface area contributed by atoms with Gasteiger partial charge in [-0.25, -0.2) is 0 Å². The van der Waals surface area contributed by atoms with Crippen LogP contribution in [0, 0.1) is 0 Å². The van der Waals surface area contributed by atoms with Gasteiger partial charge in [-0.3, -0.25) is 4.79 Å². The lowest BCUT2D eigenvalue weighted by atomic mass is 10.1. The number of likely N-dealkylation sites (tertiary alicyclic amines) is 1. The van der Waals surface area contributed by atoms with Crippen molar-refractivity contribution in [2.75, 3.05) is 24.6 Å². The highest BCUT2D eigenvalue weighted by molar-refractivity contribution is 7.99. The number of nitrogen functional groups attached to an aromatic ring is 1. The Morgan fingerprint density at radius 3 is 2.80 bits per heavy atom. The lowest BCUT2D eigenvalue weighted by molar-refractivity contribution is -0.130. The Morgan fingerprint density at radius 2 is 2.10 bits per heavy atom. The third-order valence-corrected chi connectivity index (χ3v) is 4.91. The predicted molar refractivity (Wildman–Crippen MR) is 86.9 cm³/mol. The van der Waals surface area contributed by atoms with Crippen LogP contribution in [0.5, 0.6) is 0 Å². The average Bonchev–Trinajstić information content (AvgIpc) is 2.67. The van der Waals surface area contributed by atoms with E-state index in [9.17, 15) is 4.79 Å². The summed E-state index contributed by atoms with van der Waals surface area (Å²) in [6.07, 6.45) is 4.10. The van der Waals surface area contributed by atoms with E-state index in [1.807, 2.05) is 36.0 Å². The number of hydrogen-bond acceptors (Lipinski definition) is 3. The van der Waals surface area contributed by atoms with Crippen molar-refractivity contribution >= 4 is 23.4 Å². The lowest BCUT2D eigenvalue weighted by Gasteiger charge is -2.24. The second-order valence-electron chi connectivity index (χ2n) is 5.33. The summed E-state index contributed by atoms with van der Waals surface area (Å²) in [5, 5.41) is 0.609. The van der Waals surface area contributed by atoms with Gasteiger partial charge in [0.05, 0.1) is 6.42 Å². The summed E-state index contributed by atoms with van der Waals surface area (Å²) >= 11 is 1.98. The molecule has 3 nitrogen and oxygen atoms in total. The molecule has 0 bridgehead atoms. The van der Waals surface area contributed by atoms with Crippen LogP contribution in [0.15, 0.2) is 24.3 Å². The van der Waals surface area contributed by atoms with Crippen molar-refractivity contribution in [3.05, 3.63) is 29.8 Å². The zero-order valence-electron chi connectivity index (χ0n) is 12.2. The van der Waals surface area contributed by atoms with Gasteiger partial charge in [-0.05, 0) is 36.3 Å². The van der Waals surface area contributed by atoms with Crippen LogP contribution in [0.1, 0.15) is 31.7 Å². The Kier molecular flexibility index (Phi) is 5.77. The smallest absolute Gasteiger partial charge is 0.227 e. The quantitative estimate of drug-likeness (QED) is 0.868. The second-order valence-corrected chi connectivity index (χ2v) is 6.91. The summed E-state index contributed by atoms with van der Waals surface area (Å²) in [6.45, 7) is 4.01. The normalized spacial score (nSPS) is 19.6. The summed E-state index contributed by atoms with van der Waals surface area (Å²) < 4.78 is 0. The van der Waals surface area contributed by atoms with Crippen LogP contribution >= 0.6 is 11.8 Å². The molecule has 1 aromatic carbocycles. The van der Waals surface area contributed by atoms with Crippen LogP contribution in [-0.4, -0.2) is 34.9 Å². The van der Waals surface area contributed by atoms with Crippen LogP contribution in [0.25, 0.3) is 0 Å². The number of carbonyl (C=O) groups excluding carboxylic acids is 1.